The summed E-state index contributed by atoms with van der Waals surface area (Å²) >= 11 is 0. The van der Waals surface area contributed by atoms with Gasteiger partial charge in [-0.25, -0.2) is 0 Å². The molecule has 2 nitrogen and oxygen atoms in total. The largest absolute Gasteiger partial charge is 0.309 e. The van der Waals surface area contributed by atoms with Gasteiger partial charge in [-0.1, -0.05) is 38.1 Å². The lowest BCUT2D eigenvalue weighted by molar-refractivity contribution is 0.238. The molecule has 2 atom stereocenters. The maximum absolute atomic E-state index is 3.64. The minimum atomic E-state index is 0.469. The molecule has 1 N–H and O–H groups in total. The predicted octanol–water partition coefficient (Wildman–Crippen LogP) is 3.38. The van der Waals surface area contributed by atoms with Crippen molar-refractivity contribution in [1.29, 1.82) is 0 Å². The van der Waals surface area contributed by atoms with E-state index in [2.05, 4.69) is 55.3 Å². The van der Waals surface area contributed by atoms with Crippen molar-refractivity contribution in [3.63, 3.8) is 0 Å². The van der Waals surface area contributed by atoms with Crippen molar-refractivity contribution in [3.8, 4) is 0 Å². The number of nitrogens with one attached hydrogen (secondary N) is 1. The summed E-state index contributed by atoms with van der Waals surface area (Å²) in [4.78, 5) is 2.63. The zero-order valence-electron chi connectivity index (χ0n) is 12.7. The monoisotopic (exact) mass is 260 g/mol. The second-order valence-corrected chi connectivity index (χ2v) is 5.69. The quantitative estimate of drug-likeness (QED) is 0.843. The van der Waals surface area contributed by atoms with Crippen LogP contribution in [-0.4, -0.2) is 30.6 Å². The summed E-state index contributed by atoms with van der Waals surface area (Å²) in [5, 5.41) is 3.64. The number of hydrogen-bond acceptors (Lipinski definition) is 2. The van der Waals surface area contributed by atoms with Crippen LogP contribution in [0.2, 0.25) is 0 Å². The van der Waals surface area contributed by atoms with E-state index in [0.29, 0.717) is 6.04 Å². The molecule has 0 aliphatic carbocycles. The van der Waals surface area contributed by atoms with Crippen LogP contribution in [0.15, 0.2) is 24.3 Å². The van der Waals surface area contributed by atoms with Crippen LogP contribution in [0.1, 0.15) is 50.8 Å². The highest BCUT2D eigenvalue weighted by Crippen LogP contribution is 2.22. The number of aryl methyl sites for hydroxylation is 1. The highest BCUT2D eigenvalue weighted by atomic mass is 15.2. The van der Waals surface area contributed by atoms with Crippen LogP contribution in [-0.2, 0) is 6.42 Å². The number of hydrogen-bond donors (Lipinski definition) is 1. The van der Waals surface area contributed by atoms with Crippen LogP contribution in [0.3, 0.4) is 0 Å². The summed E-state index contributed by atoms with van der Waals surface area (Å²) < 4.78 is 0. The molecule has 1 aliphatic heterocycles. The van der Waals surface area contributed by atoms with Gasteiger partial charge in [0, 0.05) is 18.6 Å². The Hall–Kier alpha value is -0.860. The fraction of sp³-hybridized carbons (Fsp3) is 0.647. The molecule has 1 heterocycles. The van der Waals surface area contributed by atoms with Gasteiger partial charge in [0.15, 0.2) is 0 Å². The first-order valence-corrected chi connectivity index (χ1v) is 7.80. The maximum Gasteiger partial charge on any atom is 0.0449 e. The molecule has 0 saturated carbocycles. The molecule has 0 aromatic heterocycles. The molecule has 1 aliphatic rings. The fourth-order valence-corrected chi connectivity index (χ4v) is 3.02. The van der Waals surface area contributed by atoms with Gasteiger partial charge < -0.3 is 5.32 Å². The second kappa shape index (κ2) is 7.06. The number of likely N-dealkylation sites (N-methyl/N-ethyl adjacent to an activating group) is 1. The molecule has 0 bridgehead atoms. The minimum absolute atomic E-state index is 0.469. The van der Waals surface area contributed by atoms with Crippen molar-refractivity contribution >= 4 is 0 Å². The van der Waals surface area contributed by atoms with Gasteiger partial charge in [-0.2, -0.15) is 0 Å². The molecule has 2 unspecified atom stereocenters. The molecule has 0 spiro atoms. The van der Waals surface area contributed by atoms with E-state index in [0.717, 1.165) is 25.6 Å². The SMILES string of the molecule is CCNC(CN1CCCC1C)c1ccc(CC)cc1. The molecular weight excluding hydrogens is 232 g/mol. The molecule has 0 amide bonds. The highest BCUT2D eigenvalue weighted by molar-refractivity contribution is 5.25. The summed E-state index contributed by atoms with van der Waals surface area (Å²) in [5.41, 5.74) is 2.85. The summed E-state index contributed by atoms with van der Waals surface area (Å²) in [6.45, 7) is 10.2. The maximum atomic E-state index is 3.64. The predicted molar refractivity (Wildman–Crippen MR) is 82.5 cm³/mol. The molecule has 1 saturated heterocycles. The van der Waals surface area contributed by atoms with Gasteiger partial charge in [0.1, 0.15) is 0 Å². The zero-order chi connectivity index (χ0) is 13.7. The van der Waals surface area contributed by atoms with E-state index in [9.17, 15) is 0 Å². The van der Waals surface area contributed by atoms with E-state index in [1.807, 2.05) is 0 Å². The molecule has 2 rings (SSSR count). The Balaban J connectivity index is 2.05. The molecule has 0 radical (unpaired) electrons. The molecule has 106 valence electrons. The smallest absolute Gasteiger partial charge is 0.0449 e. The van der Waals surface area contributed by atoms with Crippen LogP contribution in [0.4, 0.5) is 0 Å². The second-order valence-electron chi connectivity index (χ2n) is 5.69. The van der Waals surface area contributed by atoms with E-state index < -0.39 is 0 Å². The van der Waals surface area contributed by atoms with Crippen LogP contribution >= 0.6 is 0 Å². The fourth-order valence-electron chi connectivity index (χ4n) is 3.02. The van der Waals surface area contributed by atoms with Crippen molar-refractivity contribution in [2.24, 2.45) is 0 Å². The first kappa shape index (κ1) is 14.5. The summed E-state index contributed by atoms with van der Waals surface area (Å²) in [6.07, 6.45) is 3.83. The van der Waals surface area contributed by atoms with Gasteiger partial charge in [0.25, 0.3) is 0 Å². The van der Waals surface area contributed by atoms with Crippen LogP contribution in [0.25, 0.3) is 0 Å². The Labute approximate surface area is 118 Å². The van der Waals surface area contributed by atoms with Gasteiger partial charge >= 0.3 is 0 Å². The highest BCUT2D eigenvalue weighted by Gasteiger charge is 2.23. The minimum Gasteiger partial charge on any atom is -0.309 e. The lowest BCUT2D eigenvalue weighted by Crippen LogP contribution is -2.37. The van der Waals surface area contributed by atoms with Crippen molar-refractivity contribution in [3.05, 3.63) is 35.4 Å². The van der Waals surface area contributed by atoms with Crippen LogP contribution in [0.5, 0.6) is 0 Å². The Morgan fingerprint density at radius 2 is 2.00 bits per heavy atom. The molecule has 2 heteroatoms. The van der Waals surface area contributed by atoms with Crippen molar-refractivity contribution in [1.82, 2.24) is 10.2 Å². The topological polar surface area (TPSA) is 15.3 Å². The standard InChI is InChI=1S/C17H28N2/c1-4-15-8-10-16(11-9-15)17(18-5-2)13-19-12-6-7-14(19)3/h8-11,14,17-18H,4-7,12-13H2,1-3H3. The molecular formula is C17H28N2. The van der Waals surface area contributed by atoms with E-state index in [-0.39, 0.29) is 0 Å². The third-order valence-corrected chi connectivity index (χ3v) is 4.35. The van der Waals surface area contributed by atoms with Gasteiger partial charge in [-0.3, -0.25) is 4.90 Å². The van der Waals surface area contributed by atoms with Crippen molar-refractivity contribution in [2.45, 2.75) is 52.1 Å². The number of benzene rings is 1. The van der Waals surface area contributed by atoms with E-state index in [1.54, 1.807) is 0 Å². The zero-order valence-corrected chi connectivity index (χ0v) is 12.7. The Bertz CT molecular complexity index is 371. The third-order valence-electron chi connectivity index (χ3n) is 4.35. The lowest BCUT2D eigenvalue weighted by atomic mass is 10.0. The van der Waals surface area contributed by atoms with Crippen LogP contribution < -0.4 is 5.32 Å². The Morgan fingerprint density at radius 3 is 2.53 bits per heavy atom. The van der Waals surface area contributed by atoms with Gasteiger partial charge in [0.2, 0.25) is 0 Å². The normalized spacial score (nSPS) is 21.7. The first-order valence-electron chi connectivity index (χ1n) is 7.80. The summed E-state index contributed by atoms with van der Waals surface area (Å²) in [6, 6.07) is 10.4. The lowest BCUT2D eigenvalue weighted by Gasteiger charge is -2.28. The molecule has 1 fully saturated rings. The van der Waals surface area contributed by atoms with E-state index in [4.69, 9.17) is 0 Å². The van der Waals surface area contributed by atoms with Gasteiger partial charge in [0.05, 0.1) is 0 Å². The van der Waals surface area contributed by atoms with E-state index >= 15 is 0 Å². The number of nitrogens with zero attached hydrogens (tertiary/aromatic N) is 1. The molecule has 19 heavy (non-hydrogen) atoms. The van der Waals surface area contributed by atoms with E-state index in [1.165, 1.54) is 30.5 Å². The average molecular weight is 260 g/mol. The van der Waals surface area contributed by atoms with Gasteiger partial charge in [-0.15, -0.1) is 0 Å². The van der Waals surface area contributed by atoms with Crippen molar-refractivity contribution in [2.75, 3.05) is 19.6 Å². The Kier molecular flexibility index (Phi) is 5.41. The summed E-state index contributed by atoms with van der Waals surface area (Å²) in [7, 11) is 0. The number of likely N-dealkylation sites (tertiary alicyclic amines) is 1. The van der Waals surface area contributed by atoms with Crippen LogP contribution in [0, 0.1) is 0 Å². The van der Waals surface area contributed by atoms with Crippen molar-refractivity contribution < 1.29 is 0 Å². The third kappa shape index (κ3) is 3.80. The molecule has 1 aromatic carbocycles. The average Bonchev–Trinajstić information content (AvgIpc) is 2.84. The molecule has 1 aromatic rings. The van der Waals surface area contributed by atoms with Gasteiger partial charge in [-0.05, 0) is 50.4 Å². The number of rotatable bonds is 6. The first-order chi connectivity index (χ1) is 9.24. The summed E-state index contributed by atoms with van der Waals surface area (Å²) in [5.74, 6) is 0. The Morgan fingerprint density at radius 1 is 1.26 bits per heavy atom.